The Morgan fingerprint density at radius 1 is 1.00 bits per heavy atom. The van der Waals surface area contributed by atoms with E-state index in [4.69, 9.17) is 34.8 Å². The molecule has 1 unspecified atom stereocenters. The Morgan fingerprint density at radius 3 is 2.21 bits per heavy atom. The summed E-state index contributed by atoms with van der Waals surface area (Å²) >= 11 is 19.0. The van der Waals surface area contributed by atoms with Crippen LogP contribution in [0.3, 0.4) is 0 Å². The molecule has 0 spiro atoms. The fourth-order valence-electron chi connectivity index (χ4n) is 4.85. The molecule has 7 nitrogen and oxygen atoms in total. The molecule has 214 valence electrons. The largest absolute Gasteiger partial charge is 0.352 e. The standard InChI is InChI=1S/C28H36Cl3N3O4S/c1-19-23(29)12-8-15-26(19)34(39(3,37)38)17-9-16-27(35)33(18-22-24(30)13-7-14-25(22)31)20(2)28(36)32-21-10-5-4-6-11-21/h7-8,12-15,20-21H,4-6,9-11,16-18H2,1-3H3,(H,32,36). The van der Waals surface area contributed by atoms with Gasteiger partial charge in [0.1, 0.15) is 6.04 Å². The fraction of sp³-hybridized carbons (Fsp3) is 0.500. The lowest BCUT2D eigenvalue weighted by Gasteiger charge is -2.32. The van der Waals surface area contributed by atoms with Gasteiger partial charge in [-0.2, -0.15) is 0 Å². The summed E-state index contributed by atoms with van der Waals surface area (Å²) in [5.41, 5.74) is 1.66. The number of benzene rings is 2. The second-order valence-electron chi connectivity index (χ2n) is 10.1. The van der Waals surface area contributed by atoms with Crippen molar-refractivity contribution in [2.24, 2.45) is 0 Å². The van der Waals surface area contributed by atoms with Crippen LogP contribution < -0.4 is 9.62 Å². The maximum Gasteiger partial charge on any atom is 0.242 e. The van der Waals surface area contributed by atoms with Gasteiger partial charge >= 0.3 is 0 Å². The van der Waals surface area contributed by atoms with Gasteiger partial charge in [0.05, 0.1) is 11.9 Å². The van der Waals surface area contributed by atoms with Crippen molar-refractivity contribution < 1.29 is 18.0 Å². The zero-order chi connectivity index (χ0) is 28.7. The van der Waals surface area contributed by atoms with Gasteiger partial charge in [0.15, 0.2) is 0 Å². The Hall–Kier alpha value is -2.00. The molecule has 1 fully saturated rings. The molecular weight excluding hydrogens is 581 g/mol. The second kappa shape index (κ2) is 14.1. The smallest absolute Gasteiger partial charge is 0.242 e. The quantitative estimate of drug-likeness (QED) is 0.318. The molecular formula is C28H36Cl3N3O4S. The van der Waals surface area contributed by atoms with E-state index in [0.29, 0.717) is 31.9 Å². The first kappa shape index (κ1) is 31.5. The number of nitrogens with zero attached hydrogens (tertiary/aromatic N) is 2. The summed E-state index contributed by atoms with van der Waals surface area (Å²) in [6, 6.07) is 9.50. The molecule has 1 atom stereocenters. The van der Waals surface area contributed by atoms with E-state index in [0.717, 1.165) is 38.4 Å². The Balaban J connectivity index is 1.78. The summed E-state index contributed by atoms with van der Waals surface area (Å²) in [5, 5.41) is 4.36. The lowest BCUT2D eigenvalue weighted by atomic mass is 9.95. The van der Waals surface area contributed by atoms with E-state index in [9.17, 15) is 18.0 Å². The molecule has 2 aromatic carbocycles. The molecule has 0 bridgehead atoms. The van der Waals surface area contributed by atoms with Crippen LogP contribution in [-0.2, 0) is 26.2 Å². The fourth-order valence-corrected chi connectivity index (χ4v) is 6.56. The Morgan fingerprint density at radius 2 is 1.59 bits per heavy atom. The molecule has 1 aliphatic carbocycles. The summed E-state index contributed by atoms with van der Waals surface area (Å²) in [7, 11) is -3.63. The molecule has 1 saturated carbocycles. The van der Waals surface area contributed by atoms with Crippen molar-refractivity contribution in [2.75, 3.05) is 17.1 Å². The van der Waals surface area contributed by atoms with Crippen LogP contribution in [0.15, 0.2) is 36.4 Å². The summed E-state index contributed by atoms with van der Waals surface area (Å²) in [5.74, 6) is -0.528. The molecule has 39 heavy (non-hydrogen) atoms. The molecule has 0 saturated heterocycles. The highest BCUT2D eigenvalue weighted by Crippen LogP contribution is 2.30. The summed E-state index contributed by atoms with van der Waals surface area (Å²) in [6.45, 7) is 3.58. The predicted octanol–water partition coefficient (Wildman–Crippen LogP) is 6.37. The van der Waals surface area contributed by atoms with Gasteiger partial charge in [-0.05, 0) is 62.9 Å². The van der Waals surface area contributed by atoms with Gasteiger partial charge in [0, 0.05) is 46.2 Å². The number of nitrogens with one attached hydrogen (secondary N) is 1. The number of carbonyl (C=O) groups excluding carboxylic acids is 2. The predicted molar refractivity (Wildman–Crippen MR) is 159 cm³/mol. The van der Waals surface area contributed by atoms with Crippen molar-refractivity contribution >= 4 is 62.3 Å². The summed E-state index contributed by atoms with van der Waals surface area (Å²) in [6.07, 6.45) is 6.53. The molecule has 1 N–H and O–H groups in total. The summed E-state index contributed by atoms with van der Waals surface area (Å²) < 4.78 is 26.5. The Labute approximate surface area is 246 Å². The lowest BCUT2D eigenvalue weighted by molar-refractivity contribution is -0.141. The number of carbonyl (C=O) groups is 2. The normalized spacial score (nSPS) is 15.0. The number of amides is 2. The van der Waals surface area contributed by atoms with Crippen molar-refractivity contribution in [2.45, 2.75) is 77.4 Å². The lowest BCUT2D eigenvalue weighted by Crippen LogP contribution is -2.50. The van der Waals surface area contributed by atoms with E-state index in [1.54, 1.807) is 50.2 Å². The number of anilines is 1. The second-order valence-corrected chi connectivity index (χ2v) is 13.2. The SMILES string of the molecule is Cc1c(Cl)cccc1N(CCCC(=O)N(Cc1c(Cl)cccc1Cl)C(C)C(=O)NC1CCCCC1)S(C)(=O)=O. The molecule has 0 heterocycles. The Kier molecular flexibility index (Phi) is 11.4. The van der Waals surface area contributed by atoms with Crippen LogP contribution in [0.5, 0.6) is 0 Å². The first-order valence-electron chi connectivity index (χ1n) is 13.2. The van der Waals surface area contributed by atoms with Crippen LogP contribution in [-0.4, -0.2) is 50.0 Å². The van der Waals surface area contributed by atoms with Crippen molar-refractivity contribution in [1.82, 2.24) is 10.2 Å². The highest BCUT2D eigenvalue weighted by atomic mass is 35.5. The number of rotatable bonds is 11. The molecule has 0 aromatic heterocycles. The van der Waals surface area contributed by atoms with E-state index in [-0.39, 0.29) is 43.8 Å². The van der Waals surface area contributed by atoms with E-state index in [1.807, 2.05) is 0 Å². The van der Waals surface area contributed by atoms with Crippen LogP contribution in [0.2, 0.25) is 15.1 Å². The summed E-state index contributed by atoms with van der Waals surface area (Å²) in [4.78, 5) is 28.3. The molecule has 2 aromatic rings. The van der Waals surface area contributed by atoms with Gasteiger partial charge in [-0.15, -0.1) is 0 Å². The molecule has 0 aliphatic heterocycles. The van der Waals surface area contributed by atoms with Gasteiger partial charge in [-0.25, -0.2) is 8.42 Å². The van der Waals surface area contributed by atoms with E-state index in [1.165, 1.54) is 9.21 Å². The third kappa shape index (κ3) is 8.49. The highest BCUT2D eigenvalue weighted by molar-refractivity contribution is 7.92. The zero-order valence-electron chi connectivity index (χ0n) is 22.6. The number of halogens is 3. The van der Waals surface area contributed by atoms with Crippen molar-refractivity contribution in [3.05, 3.63) is 62.6 Å². The van der Waals surface area contributed by atoms with Crippen LogP contribution in [0.1, 0.15) is 63.0 Å². The average molecular weight is 617 g/mol. The molecule has 3 rings (SSSR count). The maximum atomic E-state index is 13.6. The van der Waals surface area contributed by atoms with Crippen molar-refractivity contribution in [3.63, 3.8) is 0 Å². The highest BCUT2D eigenvalue weighted by Gasteiger charge is 2.29. The average Bonchev–Trinajstić information content (AvgIpc) is 2.88. The number of sulfonamides is 1. The zero-order valence-corrected chi connectivity index (χ0v) is 25.6. The van der Waals surface area contributed by atoms with E-state index >= 15 is 0 Å². The molecule has 1 aliphatic rings. The maximum absolute atomic E-state index is 13.6. The van der Waals surface area contributed by atoms with E-state index in [2.05, 4.69) is 5.32 Å². The molecule has 0 radical (unpaired) electrons. The minimum Gasteiger partial charge on any atom is -0.352 e. The van der Waals surface area contributed by atoms with E-state index < -0.39 is 16.1 Å². The van der Waals surface area contributed by atoms with Gasteiger partial charge in [0.25, 0.3) is 0 Å². The van der Waals surface area contributed by atoms with Crippen molar-refractivity contribution in [1.29, 1.82) is 0 Å². The Bertz CT molecular complexity index is 1260. The van der Waals surface area contributed by atoms with Crippen molar-refractivity contribution in [3.8, 4) is 0 Å². The number of hydrogen-bond acceptors (Lipinski definition) is 4. The minimum atomic E-state index is -3.63. The van der Waals surface area contributed by atoms with Crippen LogP contribution in [0.25, 0.3) is 0 Å². The van der Waals surface area contributed by atoms with Crippen LogP contribution in [0.4, 0.5) is 5.69 Å². The monoisotopic (exact) mass is 615 g/mol. The minimum absolute atomic E-state index is 0.0226. The van der Waals surface area contributed by atoms with Gasteiger partial charge in [0.2, 0.25) is 21.8 Å². The van der Waals surface area contributed by atoms with Gasteiger partial charge in [-0.3, -0.25) is 13.9 Å². The molecule has 11 heteroatoms. The first-order valence-corrected chi connectivity index (χ1v) is 16.1. The van der Waals surface area contributed by atoms with Gasteiger partial charge < -0.3 is 10.2 Å². The topological polar surface area (TPSA) is 86.8 Å². The van der Waals surface area contributed by atoms with Gasteiger partial charge in [-0.1, -0.05) is 66.2 Å². The third-order valence-electron chi connectivity index (χ3n) is 7.17. The molecule has 2 amide bonds. The van der Waals surface area contributed by atoms with Crippen LogP contribution in [0, 0.1) is 6.92 Å². The number of hydrogen-bond donors (Lipinski definition) is 1. The first-order chi connectivity index (χ1) is 18.4. The van der Waals surface area contributed by atoms with Crippen LogP contribution >= 0.6 is 34.8 Å². The third-order valence-corrected chi connectivity index (χ3v) is 9.47.